The fourth-order valence-electron chi connectivity index (χ4n) is 3.42. The van der Waals surface area contributed by atoms with Crippen LogP contribution in [0.5, 0.6) is 0 Å². The highest BCUT2D eigenvalue weighted by atomic mass is 16.5. The minimum atomic E-state index is 0.0855. The highest BCUT2D eigenvalue weighted by Crippen LogP contribution is 2.34. The monoisotopic (exact) mass is 252 g/mol. The van der Waals surface area contributed by atoms with Gasteiger partial charge in [-0.2, -0.15) is 0 Å². The summed E-state index contributed by atoms with van der Waals surface area (Å²) in [5.74, 6) is 0.867. The third-order valence-electron chi connectivity index (χ3n) is 4.69. The topological polar surface area (TPSA) is 55.6 Å². The van der Waals surface area contributed by atoms with Gasteiger partial charge in [-0.05, 0) is 31.6 Å². The zero-order valence-corrected chi connectivity index (χ0v) is 11.0. The van der Waals surface area contributed by atoms with Gasteiger partial charge in [0.1, 0.15) is 0 Å². The lowest BCUT2D eigenvalue weighted by molar-refractivity contribution is -0.150. The molecule has 0 spiro atoms. The van der Waals surface area contributed by atoms with Crippen LogP contribution in [0.1, 0.15) is 44.9 Å². The lowest BCUT2D eigenvalue weighted by atomic mass is 9.89. The van der Waals surface area contributed by atoms with E-state index in [0.29, 0.717) is 25.0 Å². The van der Waals surface area contributed by atoms with E-state index in [4.69, 9.17) is 10.5 Å². The molecule has 3 atom stereocenters. The molecule has 102 valence electrons. The van der Waals surface area contributed by atoms with Gasteiger partial charge >= 0.3 is 0 Å². The molecule has 0 bridgehead atoms. The Balaban J connectivity index is 1.60. The van der Waals surface area contributed by atoms with Crippen molar-refractivity contribution in [2.45, 2.75) is 63.1 Å². The van der Waals surface area contributed by atoms with Gasteiger partial charge in [-0.15, -0.1) is 0 Å². The van der Waals surface area contributed by atoms with E-state index in [0.717, 1.165) is 19.4 Å². The number of carbonyl (C=O) groups excluding carboxylic acids is 1. The summed E-state index contributed by atoms with van der Waals surface area (Å²) in [6.07, 6.45) is 7.93. The molecule has 1 aliphatic heterocycles. The van der Waals surface area contributed by atoms with E-state index in [9.17, 15) is 4.79 Å². The number of carbonyl (C=O) groups is 1. The summed E-state index contributed by atoms with van der Waals surface area (Å²) in [6.45, 7) is 1.46. The highest BCUT2D eigenvalue weighted by molar-refractivity contribution is 5.77. The van der Waals surface area contributed by atoms with Gasteiger partial charge in [-0.3, -0.25) is 4.79 Å². The van der Waals surface area contributed by atoms with Crippen LogP contribution in [0.2, 0.25) is 0 Å². The van der Waals surface area contributed by atoms with Crippen LogP contribution in [0.3, 0.4) is 0 Å². The second-order valence-electron chi connectivity index (χ2n) is 6.05. The van der Waals surface area contributed by atoms with Crippen molar-refractivity contribution in [1.82, 2.24) is 4.90 Å². The summed E-state index contributed by atoms with van der Waals surface area (Å²) in [6, 6.07) is 0.411. The predicted molar refractivity (Wildman–Crippen MR) is 69.0 cm³/mol. The second kappa shape index (κ2) is 5.17. The van der Waals surface area contributed by atoms with Gasteiger partial charge < -0.3 is 15.4 Å². The average Bonchev–Trinajstić information content (AvgIpc) is 3.22. The molecule has 3 unspecified atom stereocenters. The molecule has 2 saturated carbocycles. The smallest absolute Gasteiger partial charge is 0.224 e. The van der Waals surface area contributed by atoms with Crippen LogP contribution >= 0.6 is 0 Å². The molecule has 0 aromatic carbocycles. The number of hydrogen-bond donors (Lipinski definition) is 1. The van der Waals surface area contributed by atoms with Crippen LogP contribution in [0.15, 0.2) is 0 Å². The Morgan fingerprint density at radius 1 is 1.28 bits per heavy atom. The highest BCUT2D eigenvalue weighted by Gasteiger charge is 2.38. The van der Waals surface area contributed by atoms with Gasteiger partial charge in [0.05, 0.1) is 18.8 Å². The molecule has 1 amide bonds. The van der Waals surface area contributed by atoms with Gasteiger partial charge in [0.25, 0.3) is 0 Å². The maximum atomic E-state index is 12.4. The second-order valence-corrected chi connectivity index (χ2v) is 6.05. The lowest BCUT2D eigenvalue weighted by Gasteiger charge is -2.44. The average molecular weight is 252 g/mol. The van der Waals surface area contributed by atoms with Crippen LogP contribution in [0.25, 0.3) is 0 Å². The lowest BCUT2D eigenvalue weighted by Crippen LogP contribution is -2.55. The molecule has 0 aromatic rings. The van der Waals surface area contributed by atoms with Crippen LogP contribution in [-0.2, 0) is 9.53 Å². The number of morpholine rings is 1. The zero-order chi connectivity index (χ0) is 12.5. The van der Waals surface area contributed by atoms with E-state index in [1.54, 1.807) is 0 Å². The quantitative estimate of drug-likeness (QED) is 0.823. The molecule has 0 radical (unpaired) electrons. The van der Waals surface area contributed by atoms with Crippen LogP contribution in [0.4, 0.5) is 0 Å². The van der Waals surface area contributed by atoms with Gasteiger partial charge in [0, 0.05) is 19.0 Å². The molecular weight excluding hydrogens is 228 g/mol. The minimum Gasteiger partial charge on any atom is -0.374 e. The van der Waals surface area contributed by atoms with Crippen molar-refractivity contribution in [3.63, 3.8) is 0 Å². The number of nitrogens with two attached hydrogens (primary N) is 1. The van der Waals surface area contributed by atoms with E-state index in [-0.39, 0.29) is 18.1 Å². The third-order valence-corrected chi connectivity index (χ3v) is 4.69. The maximum Gasteiger partial charge on any atom is 0.224 e. The van der Waals surface area contributed by atoms with Gasteiger partial charge in [0.2, 0.25) is 5.91 Å². The Morgan fingerprint density at radius 3 is 2.83 bits per heavy atom. The molecule has 3 fully saturated rings. The largest absolute Gasteiger partial charge is 0.374 e. The van der Waals surface area contributed by atoms with E-state index in [2.05, 4.69) is 4.90 Å². The first kappa shape index (κ1) is 12.4. The van der Waals surface area contributed by atoms with Crippen molar-refractivity contribution in [1.29, 1.82) is 0 Å². The van der Waals surface area contributed by atoms with E-state index in [1.165, 1.54) is 25.7 Å². The molecule has 3 rings (SSSR count). The Hall–Kier alpha value is -0.610. The number of hydrogen-bond acceptors (Lipinski definition) is 3. The predicted octanol–water partition coefficient (Wildman–Crippen LogP) is 1.28. The van der Waals surface area contributed by atoms with E-state index in [1.807, 2.05) is 0 Å². The molecule has 3 aliphatic rings. The minimum absolute atomic E-state index is 0.0855. The molecule has 0 aromatic heterocycles. The summed E-state index contributed by atoms with van der Waals surface area (Å²) < 4.78 is 5.80. The van der Waals surface area contributed by atoms with E-state index < -0.39 is 0 Å². The molecule has 1 heterocycles. The Labute approximate surface area is 109 Å². The van der Waals surface area contributed by atoms with Crippen molar-refractivity contribution < 1.29 is 9.53 Å². The summed E-state index contributed by atoms with van der Waals surface area (Å²) >= 11 is 0. The van der Waals surface area contributed by atoms with Gasteiger partial charge in [0.15, 0.2) is 0 Å². The summed E-state index contributed by atoms with van der Waals surface area (Å²) in [7, 11) is 0. The fraction of sp³-hybridized carbons (Fsp3) is 0.929. The number of rotatable bonds is 3. The fourth-order valence-corrected chi connectivity index (χ4v) is 3.42. The zero-order valence-electron chi connectivity index (χ0n) is 11.0. The summed E-state index contributed by atoms with van der Waals surface area (Å²) in [5, 5.41) is 0. The number of nitrogens with zero attached hydrogens (tertiary/aromatic N) is 1. The first-order valence-corrected chi connectivity index (χ1v) is 7.42. The SMILES string of the molecule is NC(CC(=O)N1CCOC2CCCCC21)C1CC1. The molecule has 18 heavy (non-hydrogen) atoms. The van der Waals surface area contributed by atoms with Crippen molar-refractivity contribution >= 4 is 5.91 Å². The van der Waals surface area contributed by atoms with Crippen molar-refractivity contribution in [3.8, 4) is 0 Å². The third kappa shape index (κ3) is 2.54. The van der Waals surface area contributed by atoms with Crippen molar-refractivity contribution in [3.05, 3.63) is 0 Å². The molecule has 4 heteroatoms. The first-order valence-electron chi connectivity index (χ1n) is 7.42. The van der Waals surface area contributed by atoms with Crippen molar-refractivity contribution in [2.24, 2.45) is 11.7 Å². The van der Waals surface area contributed by atoms with E-state index >= 15 is 0 Å². The molecule has 1 saturated heterocycles. The Bertz CT molecular complexity index is 315. The van der Waals surface area contributed by atoms with Crippen LogP contribution < -0.4 is 5.73 Å². The van der Waals surface area contributed by atoms with Gasteiger partial charge in [-0.25, -0.2) is 0 Å². The first-order chi connectivity index (χ1) is 8.75. The Morgan fingerprint density at radius 2 is 2.06 bits per heavy atom. The van der Waals surface area contributed by atoms with Crippen LogP contribution in [0, 0.1) is 5.92 Å². The maximum absolute atomic E-state index is 12.4. The molecule has 4 nitrogen and oxygen atoms in total. The Kier molecular flexibility index (Phi) is 3.57. The molecule has 2 N–H and O–H groups in total. The molecular formula is C14H24N2O2. The number of fused-ring (bicyclic) bond motifs is 1. The standard InChI is InChI=1S/C14H24N2O2/c15-11(10-5-6-10)9-14(17)16-7-8-18-13-4-2-1-3-12(13)16/h10-13H,1-9,15H2. The number of amides is 1. The normalized spacial score (nSPS) is 33.9. The molecule has 2 aliphatic carbocycles. The summed E-state index contributed by atoms with van der Waals surface area (Å²) in [5.41, 5.74) is 6.08. The van der Waals surface area contributed by atoms with Crippen molar-refractivity contribution in [2.75, 3.05) is 13.2 Å². The number of ether oxygens (including phenoxy) is 1. The van der Waals surface area contributed by atoms with Crippen LogP contribution in [-0.4, -0.2) is 42.1 Å². The van der Waals surface area contributed by atoms with Gasteiger partial charge in [-0.1, -0.05) is 12.8 Å². The summed E-state index contributed by atoms with van der Waals surface area (Å²) in [4.78, 5) is 14.5.